The molecule has 1 unspecified atom stereocenters. The molecule has 0 radical (unpaired) electrons. The van der Waals surface area contributed by atoms with Crippen LogP contribution in [0.2, 0.25) is 0 Å². The van der Waals surface area contributed by atoms with Crippen molar-refractivity contribution in [3.8, 4) is 0 Å². The fraction of sp³-hybridized carbons (Fsp3) is 0.429. The van der Waals surface area contributed by atoms with Gasteiger partial charge in [-0.15, -0.1) is 0 Å². The van der Waals surface area contributed by atoms with Gasteiger partial charge in [-0.3, -0.25) is 14.9 Å². The molecule has 0 saturated carbocycles. The lowest BCUT2D eigenvalue weighted by molar-refractivity contribution is -0.125. The van der Waals surface area contributed by atoms with Gasteiger partial charge < -0.3 is 10.6 Å². The van der Waals surface area contributed by atoms with E-state index in [1.54, 1.807) is 0 Å². The minimum absolute atomic E-state index is 0.0331. The summed E-state index contributed by atoms with van der Waals surface area (Å²) in [6, 6.07) is 4.49. The van der Waals surface area contributed by atoms with Crippen LogP contribution in [-0.4, -0.2) is 52.3 Å². The molecule has 4 N–H and O–H groups in total. The first-order valence-electron chi connectivity index (χ1n) is 7.35. The maximum Gasteiger partial charge on any atom is 0.262 e. The van der Waals surface area contributed by atoms with Gasteiger partial charge in [-0.05, 0) is 25.2 Å². The summed E-state index contributed by atoms with van der Waals surface area (Å²) < 4.78 is 51.6. The monoisotopic (exact) mass is 376 g/mol. The lowest BCUT2D eigenvalue weighted by atomic mass is 10.2. The largest absolute Gasteiger partial charge is 0.346 e. The molecular formula is C14H18F2N4O4S. The summed E-state index contributed by atoms with van der Waals surface area (Å²) in [4.78, 5) is 23.5. The SMILES string of the molecule is CNS(=O)(=O)c1cccc(NC(=O)CNC(=O)C2CC(F)(F)CN2)c1. The highest BCUT2D eigenvalue weighted by Crippen LogP contribution is 2.25. The maximum absolute atomic E-state index is 13.0. The topological polar surface area (TPSA) is 116 Å². The van der Waals surface area contributed by atoms with Crippen LogP contribution in [0.4, 0.5) is 14.5 Å². The normalized spacial score (nSPS) is 19.4. The molecular weight excluding hydrogens is 358 g/mol. The third-order valence-electron chi connectivity index (χ3n) is 3.55. The first-order chi connectivity index (χ1) is 11.6. The lowest BCUT2D eigenvalue weighted by Gasteiger charge is -2.12. The molecule has 2 rings (SSSR count). The van der Waals surface area contributed by atoms with E-state index in [2.05, 4.69) is 20.7 Å². The number of anilines is 1. The van der Waals surface area contributed by atoms with Crippen LogP contribution in [0.3, 0.4) is 0 Å². The van der Waals surface area contributed by atoms with Crippen LogP contribution in [-0.2, 0) is 19.6 Å². The lowest BCUT2D eigenvalue weighted by Crippen LogP contribution is -2.43. The standard InChI is InChI=1S/C14H18F2N4O4S/c1-17-25(23,24)10-4-2-3-9(5-10)20-12(21)7-18-13(22)11-6-14(15,16)8-19-11/h2-5,11,17,19H,6-8H2,1H3,(H,18,22)(H,20,21). The summed E-state index contributed by atoms with van der Waals surface area (Å²) in [6.45, 7) is -1.00. The molecule has 1 saturated heterocycles. The fourth-order valence-electron chi connectivity index (χ4n) is 2.26. The molecule has 25 heavy (non-hydrogen) atoms. The number of carbonyl (C=O) groups is 2. The van der Waals surface area contributed by atoms with Crippen molar-refractivity contribution in [1.82, 2.24) is 15.4 Å². The second-order valence-corrected chi connectivity index (χ2v) is 7.38. The molecule has 1 aromatic carbocycles. The average Bonchev–Trinajstić information content (AvgIpc) is 2.93. The van der Waals surface area contributed by atoms with Gasteiger partial charge in [0.2, 0.25) is 21.8 Å². The number of sulfonamides is 1. The molecule has 2 amide bonds. The third-order valence-corrected chi connectivity index (χ3v) is 4.96. The average molecular weight is 376 g/mol. The Morgan fingerprint density at radius 3 is 2.68 bits per heavy atom. The molecule has 0 spiro atoms. The Morgan fingerprint density at radius 1 is 1.36 bits per heavy atom. The Labute approximate surface area is 143 Å². The highest BCUT2D eigenvalue weighted by Gasteiger charge is 2.42. The zero-order valence-electron chi connectivity index (χ0n) is 13.3. The summed E-state index contributed by atoms with van der Waals surface area (Å²) in [5.41, 5.74) is 0.223. The van der Waals surface area contributed by atoms with Crippen LogP contribution >= 0.6 is 0 Å². The minimum Gasteiger partial charge on any atom is -0.346 e. The molecule has 1 fully saturated rings. The zero-order valence-corrected chi connectivity index (χ0v) is 14.1. The summed E-state index contributed by atoms with van der Waals surface area (Å²) in [6.07, 6.45) is -0.621. The van der Waals surface area contributed by atoms with Gasteiger partial charge >= 0.3 is 0 Å². The van der Waals surface area contributed by atoms with E-state index in [-0.39, 0.29) is 10.6 Å². The number of amides is 2. The van der Waals surface area contributed by atoms with Crippen molar-refractivity contribution in [2.45, 2.75) is 23.3 Å². The number of nitrogens with one attached hydrogen (secondary N) is 4. The van der Waals surface area contributed by atoms with Crippen LogP contribution < -0.4 is 20.7 Å². The summed E-state index contributed by atoms with van der Waals surface area (Å²) >= 11 is 0. The van der Waals surface area contributed by atoms with Crippen LogP contribution in [0, 0.1) is 0 Å². The van der Waals surface area contributed by atoms with Crippen molar-refractivity contribution in [2.24, 2.45) is 0 Å². The van der Waals surface area contributed by atoms with Gasteiger partial charge in [0.25, 0.3) is 5.92 Å². The van der Waals surface area contributed by atoms with E-state index in [1.165, 1.54) is 31.3 Å². The van der Waals surface area contributed by atoms with Gasteiger partial charge in [0.05, 0.1) is 24.0 Å². The van der Waals surface area contributed by atoms with Gasteiger partial charge in [-0.2, -0.15) is 0 Å². The smallest absolute Gasteiger partial charge is 0.262 e. The van der Waals surface area contributed by atoms with Gasteiger partial charge in [-0.25, -0.2) is 21.9 Å². The van der Waals surface area contributed by atoms with Crippen molar-refractivity contribution in [2.75, 3.05) is 25.5 Å². The highest BCUT2D eigenvalue weighted by molar-refractivity contribution is 7.89. The Balaban J connectivity index is 1.89. The predicted octanol–water partition coefficient (Wildman–Crippen LogP) is -0.353. The molecule has 1 aliphatic rings. The number of rotatable bonds is 6. The Morgan fingerprint density at radius 2 is 2.08 bits per heavy atom. The number of halogens is 2. The van der Waals surface area contributed by atoms with E-state index in [0.29, 0.717) is 0 Å². The van der Waals surface area contributed by atoms with E-state index in [0.717, 1.165) is 0 Å². The van der Waals surface area contributed by atoms with Gasteiger partial charge in [-0.1, -0.05) is 6.07 Å². The van der Waals surface area contributed by atoms with E-state index >= 15 is 0 Å². The van der Waals surface area contributed by atoms with Gasteiger partial charge in [0.1, 0.15) is 0 Å². The molecule has 1 aliphatic heterocycles. The van der Waals surface area contributed by atoms with Crippen LogP contribution in [0.25, 0.3) is 0 Å². The summed E-state index contributed by atoms with van der Waals surface area (Å²) in [7, 11) is -2.39. The number of carbonyl (C=O) groups excluding carboxylic acids is 2. The zero-order chi connectivity index (χ0) is 18.7. The number of alkyl halides is 2. The molecule has 138 valence electrons. The van der Waals surface area contributed by atoms with Crippen molar-refractivity contribution in [1.29, 1.82) is 0 Å². The van der Waals surface area contributed by atoms with Crippen molar-refractivity contribution in [3.05, 3.63) is 24.3 Å². The second kappa shape index (κ2) is 7.42. The van der Waals surface area contributed by atoms with E-state index in [4.69, 9.17) is 0 Å². The number of benzene rings is 1. The summed E-state index contributed by atoms with van der Waals surface area (Å²) in [5.74, 6) is -4.25. The van der Waals surface area contributed by atoms with Crippen molar-refractivity contribution >= 4 is 27.5 Å². The number of hydrogen-bond acceptors (Lipinski definition) is 5. The fourth-order valence-corrected chi connectivity index (χ4v) is 3.03. The molecule has 1 heterocycles. The molecule has 0 aromatic heterocycles. The van der Waals surface area contributed by atoms with Crippen LogP contribution in [0.15, 0.2) is 29.2 Å². The quantitative estimate of drug-likeness (QED) is 0.541. The van der Waals surface area contributed by atoms with E-state index in [1.807, 2.05) is 0 Å². The first-order valence-corrected chi connectivity index (χ1v) is 8.84. The Bertz CT molecular complexity index is 770. The van der Waals surface area contributed by atoms with E-state index in [9.17, 15) is 26.8 Å². The maximum atomic E-state index is 13.0. The van der Waals surface area contributed by atoms with Gasteiger partial charge in [0, 0.05) is 12.1 Å². The molecule has 0 bridgehead atoms. The van der Waals surface area contributed by atoms with Crippen LogP contribution in [0.1, 0.15) is 6.42 Å². The second-order valence-electron chi connectivity index (χ2n) is 5.49. The predicted molar refractivity (Wildman–Crippen MR) is 85.7 cm³/mol. The molecule has 1 aromatic rings. The Hall–Kier alpha value is -2.11. The van der Waals surface area contributed by atoms with E-state index < -0.39 is 53.3 Å². The van der Waals surface area contributed by atoms with Crippen molar-refractivity contribution in [3.63, 3.8) is 0 Å². The van der Waals surface area contributed by atoms with Gasteiger partial charge in [0.15, 0.2) is 0 Å². The Kier molecular flexibility index (Phi) is 5.70. The minimum atomic E-state index is -3.65. The number of hydrogen-bond donors (Lipinski definition) is 4. The highest BCUT2D eigenvalue weighted by atomic mass is 32.2. The first kappa shape index (κ1) is 19.2. The van der Waals surface area contributed by atoms with Crippen molar-refractivity contribution < 1.29 is 26.8 Å². The van der Waals surface area contributed by atoms with Crippen LogP contribution in [0.5, 0.6) is 0 Å². The molecule has 0 aliphatic carbocycles. The molecule has 8 nitrogen and oxygen atoms in total. The molecule has 1 atom stereocenters. The third kappa shape index (κ3) is 5.18. The molecule has 11 heteroatoms. The summed E-state index contributed by atoms with van der Waals surface area (Å²) in [5, 5.41) is 7.07.